The van der Waals surface area contributed by atoms with Crippen LogP contribution in [-0.2, 0) is 13.5 Å². The van der Waals surface area contributed by atoms with Gasteiger partial charge in [0.15, 0.2) is 11.9 Å². The van der Waals surface area contributed by atoms with Gasteiger partial charge in [-0.2, -0.15) is 0 Å². The predicted molar refractivity (Wildman–Crippen MR) is 110 cm³/mol. The molecule has 2 heterocycles. The van der Waals surface area contributed by atoms with Crippen LogP contribution >= 0.6 is 0 Å². The van der Waals surface area contributed by atoms with E-state index in [4.69, 9.17) is 11.0 Å². The maximum absolute atomic E-state index is 7.31. The molecule has 0 aliphatic rings. The van der Waals surface area contributed by atoms with Crippen molar-refractivity contribution in [3.8, 4) is 11.3 Å². The van der Waals surface area contributed by atoms with E-state index in [0.717, 1.165) is 34.2 Å². The first-order chi connectivity index (χ1) is 13.0. The first-order valence-electron chi connectivity index (χ1n) is 9.31. The minimum Gasteiger partial charge on any atom is -0.456 e. The Kier molecular flexibility index (Phi) is 4.20. The standard InChI is InChI=1S/C24H23N2O/c1-15(2)12-17-13-16(3)22(20-8-6-7-11-26(20)5)24-23(17)19-10-9-18(25-4)14-21(19)27-24/h6-11,13-15H,12H2,1-3,5H3/q+1. The van der Waals surface area contributed by atoms with Gasteiger partial charge in [0.25, 0.3) is 0 Å². The van der Waals surface area contributed by atoms with Crippen LogP contribution in [0.25, 0.3) is 38.0 Å². The normalized spacial score (nSPS) is 11.4. The lowest BCUT2D eigenvalue weighted by atomic mass is 9.92. The summed E-state index contributed by atoms with van der Waals surface area (Å²) in [6.07, 6.45) is 3.06. The lowest BCUT2D eigenvalue weighted by Crippen LogP contribution is -2.30. The molecule has 4 aromatic rings. The van der Waals surface area contributed by atoms with Gasteiger partial charge in [-0.3, -0.25) is 0 Å². The quantitative estimate of drug-likeness (QED) is 0.320. The Balaban J connectivity index is 2.15. The molecule has 0 N–H and O–H groups in total. The predicted octanol–water partition coefficient (Wildman–Crippen LogP) is 6.14. The summed E-state index contributed by atoms with van der Waals surface area (Å²) in [5.74, 6) is 0.554. The van der Waals surface area contributed by atoms with E-state index in [9.17, 15) is 0 Å². The van der Waals surface area contributed by atoms with Crippen LogP contribution in [0.3, 0.4) is 0 Å². The molecule has 0 atom stereocenters. The molecule has 3 nitrogen and oxygen atoms in total. The molecule has 134 valence electrons. The minimum absolute atomic E-state index is 0.554. The number of benzene rings is 2. The summed E-state index contributed by atoms with van der Waals surface area (Å²) < 4.78 is 8.51. The third-order valence-corrected chi connectivity index (χ3v) is 5.08. The average Bonchev–Trinajstić information content (AvgIpc) is 3.00. The van der Waals surface area contributed by atoms with E-state index >= 15 is 0 Å². The Morgan fingerprint density at radius 3 is 2.67 bits per heavy atom. The van der Waals surface area contributed by atoms with Crippen molar-refractivity contribution in [1.82, 2.24) is 0 Å². The number of furan rings is 1. The van der Waals surface area contributed by atoms with E-state index < -0.39 is 0 Å². The first-order valence-corrected chi connectivity index (χ1v) is 9.31. The molecular formula is C24H23N2O+. The van der Waals surface area contributed by atoms with Crippen molar-refractivity contribution in [1.29, 1.82) is 0 Å². The zero-order valence-corrected chi connectivity index (χ0v) is 16.2. The highest BCUT2D eigenvalue weighted by molar-refractivity contribution is 6.12. The van der Waals surface area contributed by atoms with Crippen LogP contribution in [0, 0.1) is 19.4 Å². The zero-order chi connectivity index (χ0) is 19.1. The maximum atomic E-state index is 7.31. The van der Waals surface area contributed by atoms with Crippen molar-refractivity contribution in [2.75, 3.05) is 0 Å². The molecule has 2 aromatic carbocycles. The van der Waals surface area contributed by atoms with Gasteiger partial charge in [0.2, 0.25) is 5.69 Å². The minimum atomic E-state index is 0.554. The summed E-state index contributed by atoms with van der Waals surface area (Å²) in [4.78, 5) is 3.56. The summed E-state index contributed by atoms with van der Waals surface area (Å²) in [6, 6.07) is 14.3. The average molecular weight is 355 g/mol. The van der Waals surface area contributed by atoms with Gasteiger partial charge in [0, 0.05) is 22.9 Å². The van der Waals surface area contributed by atoms with Gasteiger partial charge < -0.3 is 4.42 Å². The van der Waals surface area contributed by atoms with E-state index in [0.29, 0.717) is 11.6 Å². The molecule has 0 radical (unpaired) electrons. The molecule has 0 aliphatic carbocycles. The van der Waals surface area contributed by atoms with Crippen molar-refractivity contribution in [3.05, 3.63) is 71.2 Å². The van der Waals surface area contributed by atoms with E-state index in [1.165, 1.54) is 16.5 Å². The number of nitrogens with zero attached hydrogens (tertiary/aromatic N) is 2. The molecule has 0 aliphatic heterocycles. The molecule has 3 heteroatoms. The van der Waals surface area contributed by atoms with Gasteiger partial charge in [0.05, 0.1) is 12.1 Å². The second-order valence-electron chi connectivity index (χ2n) is 7.62. The molecule has 0 saturated heterocycles. The molecule has 0 unspecified atom stereocenters. The fourth-order valence-corrected chi connectivity index (χ4v) is 3.94. The molecule has 0 bridgehead atoms. The molecule has 0 fully saturated rings. The third-order valence-electron chi connectivity index (χ3n) is 5.08. The molecule has 27 heavy (non-hydrogen) atoms. The van der Waals surface area contributed by atoms with Crippen LogP contribution in [0.1, 0.15) is 25.0 Å². The fraction of sp³-hybridized carbons (Fsp3) is 0.250. The summed E-state index contributed by atoms with van der Waals surface area (Å²) in [6.45, 7) is 13.9. The van der Waals surface area contributed by atoms with Crippen molar-refractivity contribution >= 4 is 27.6 Å². The Morgan fingerprint density at radius 2 is 1.96 bits per heavy atom. The number of rotatable bonds is 3. The highest BCUT2D eigenvalue weighted by atomic mass is 16.3. The van der Waals surface area contributed by atoms with Crippen LogP contribution < -0.4 is 4.57 Å². The number of fused-ring (bicyclic) bond motifs is 3. The van der Waals surface area contributed by atoms with Gasteiger partial charge in [-0.25, -0.2) is 9.41 Å². The number of pyridine rings is 1. The van der Waals surface area contributed by atoms with E-state index in [1.807, 2.05) is 24.3 Å². The number of hydrogen-bond acceptors (Lipinski definition) is 1. The highest BCUT2D eigenvalue weighted by Crippen LogP contribution is 2.40. The summed E-state index contributed by atoms with van der Waals surface area (Å²) >= 11 is 0. The second kappa shape index (κ2) is 6.55. The maximum Gasteiger partial charge on any atom is 0.216 e. The Morgan fingerprint density at radius 1 is 1.15 bits per heavy atom. The van der Waals surface area contributed by atoms with Crippen LogP contribution in [0.15, 0.2) is 53.1 Å². The van der Waals surface area contributed by atoms with E-state index in [2.05, 4.69) is 61.6 Å². The van der Waals surface area contributed by atoms with Crippen molar-refractivity contribution < 1.29 is 8.98 Å². The molecule has 0 saturated carbocycles. The zero-order valence-electron chi connectivity index (χ0n) is 16.2. The summed E-state index contributed by atoms with van der Waals surface area (Å²) in [5.41, 5.74) is 7.09. The monoisotopic (exact) mass is 355 g/mol. The largest absolute Gasteiger partial charge is 0.456 e. The molecule has 4 rings (SSSR count). The molecule has 2 aromatic heterocycles. The van der Waals surface area contributed by atoms with Gasteiger partial charge in [-0.05, 0) is 42.5 Å². The van der Waals surface area contributed by atoms with Crippen LogP contribution in [-0.4, -0.2) is 0 Å². The van der Waals surface area contributed by atoms with Crippen molar-refractivity contribution in [3.63, 3.8) is 0 Å². The van der Waals surface area contributed by atoms with Crippen LogP contribution in [0.4, 0.5) is 5.69 Å². The lowest BCUT2D eigenvalue weighted by molar-refractivity contribution is -0.660. The lowest BCUT2D eigenvalue weighted by Gasteiger charge is -2.12. The van der Waals surface area contributed by atoms with E-state index in [1.54, 1.807) is 0 Å². The molecular weight excluding hydrogens is 332 g/mol. The first kappa shape index (κ1) is 17.3. The molecule has 0 amide bonds. The molecule has 0 spiro atoms. The van der Waals surface area contributed by atoms with Gasteiger partial charge in [-0.15, -0.1) is 0 Å². The van der Waals surface area contributed by atoms with Crippen LogP contribution in [0.5, 0.6) is 0 Å². The fourth-order valence-electron chi connectivity index (χ4n) is 3.94. The topological polar surface area (TPSA) is 21.4 Å². The number of hydrogen-bond donors (Lipinski definition) is 0. The third kappa shape index (κ3) is 2.88. The van der Waals surface area contributed by atoms with Crippen molar-refractivity contribution in [2.45, 2.75) is 27.2 Å². The highest BCUT2D eigenvalue weighted by Gasteiger charge is 2.23. The Labute approximate surface area is 159 Å². The summed E-state index contributed by atoms with van der Waals surface area (Å²) in [5, 5.41) is 2.27. The number of aryl methyl sites for hydroxylation is 2. The van der Waals surface area contributed by atoms with Gasteiger partial charge in [0.1, 0.15) is 18.2 Å². The smallest absolute Gasteiger partial charge is 0.216 e. The number of aromatic nitrogens is 1. The van der Waals surface area contributed by atoms with Gasteiger partial charge >= 0.3 is 0 Å². The Hall–Kier alpha value is -3.12. The van der Waals surface area contributed by atoms with Crippen molar-refractivity contribution in [2.24, 2.45) is 13.0 Å². The van der Waals surface area contributed by atoms with E-state index in [-0.39, 0.29) is 0 Å². The SMILES string of the molecule is [C-]#[N+]c1ccc2c(c1)oc1c(-c3cccc[n+]3C)c(C)cc(CC(C)C)c12. The summed E-state index contributed by atoms with van der Waals surface area (Å²) in [7, 11) is 2.06. The Bertz CT molecular complexity index is 1210. The van der Waals surface area contributed by atoms with Crippen LogP contribution in [0.2, 0.25) is 0 Å². The van der Waals surface area contributed by atoms with Gasteiger partial charge in [-0.1, -0.05) is 32.0 Å². The second-order valence-corrected chi connectivity index (χ2v) is 7.62.